The fraction of sp³-hybridized carbons (Fsp3) is 0.278. The molecule has 3 rings (SSSR count). The molecule has 0 spiro atoms. The monoisotopic (exact) mass is 377 g/mol. The highest BCUT2D eigenvalue weighted by molar-refractivity contribution is 7.92. The third-order valence-electron chi connectivity index (χ3n) is 4.22. The first-order chi connectivity index (χ1) is 12.5. The zero-order valence-electron chi connectivity index (χ0n) is 14.0. The third-order valence-corrected chi connectivity index (χ3v) is 5.60. The number of rotatable bonds is 5. The lowest BCUT2D eigenvalue weighted by molar-refractivity contribution is -0.120. The van der Waals surface area contributed by atoms with E-state index in [2.05, 4.69) is 15.4 Å². The van der Waals surface area contributed by atoms with Gasteiger partial charge in [0, 0.05) is 6.54 Å². The molecule has 26 heavy (non-hydrogen) atoms. The van der Waals surface area contributed by atoms with Crippen LogP contribution in [0.1, 0.15) is 12.8 Å². The summed E-state index contributed by atoms with van der Waals surface area (Å²) >= 11 is 0. The molecule has 0 aliphatic carbocycles. The van der Waals surface area contributed by atoms with Crippen LogP contribution in [-0.4, -0.2) is 27.4 Å². The van der Waals surface area contributed by atoms with Gasteiger partial charge >= 0.3 is 0 Å². The van der Waals surface area contributed by atoms with Crippen molar-refractivity contribution in [1.82, 2.24) is 5.32 Å². The number of amides is 1. The molecule has 1 aliphatic heterocycles. The van der Waals surface area contributed by atoms with Gasteiger partial charge in [-0.2, -0.15) is 0 Å². The van der Waals surface area contributed by atoms with Gasteiger partial charge in [-0.15, -0.1) is 0 Å². The summed E-state index contributed by atoms with van der Waals surface area (Å²) in [6.45, 7) is 1.51. The van der Waals surface area contributed by atoms with Crippen LogP contribution in [0.5, 0.6) is 0 Å². The van der Waals surface area contributed by atoms with Crippen molar-refractivity contribution in [3.05, 3.63) is 54.3 Å². The summed E-state index contributed by atoms with van der Waals surface area (Å²) in [5, 5.41) is 5.97. The molecule has 3 N–H and O–H groups in total. The predicted molar refractivity (Wildman–Crippen MR) is 97.9 cm³/mol. The summed E-state index contributed by atoms with van der Waals surface area (Å²) < 4.78 is 40.5. The molecule has 138 valence electrons. The second-order valence-corrected chi connectivity index (χ2v) is 7.82. The minimum Gasteiger partial charge on any atom is -0.324 e. The van der Waals surface area contributed by atoms with E-state index in [1.165, 1.54) is 12.1 Å². The number of para-hydroxylation sites is 2. The first kappa shape index (κ1) is 18.3. The lowest BCUT2D eigenvalue weighted by Crippen LogP contribution is -2.37. The van der Waals surface area contributed by atoms with E-state index in [4.69, 9.17) is 0 Å². The Labute approximate surface area is 151 Å². The molecular weight excluding hydrogens is 357 g/mol. The molecule has 0 saturated carbocycles. The van der Waals surface area contributed by atoms with Gasteiger partial charge in [0.2, 0.25) is 5.91 Å². The maximum absolute atomic E-state index is 13.0. The van der Waals surface area contributed by atoms with Crippen LogP contribution in [0.15, 0.2) is 53.4 Å². The molecule has 1 fully saturated rings. The Bertz CT molecular complexity index is 879. The van der Waals surface area contributed by atoms with Crippen LogP contribution in [0.2, 0.25) is 0 Å². The fourth-order valence-corrected chi connectivity index (χ4v) is 3.89. The minimum atomic E-state index is -3.89. The van der Waals surface area contributed by atoms with Gasteiger partial charge in [0.15, 0.2) is 0 Å². The van der Waals surface area contributed by atoms with Crippen LogP contribution in [0, 0.1) is 11.7 Å². The average Bonchev–Trinajstić information content (AvgIpc) is 2.64. The van der Waals surface area contributed by atoms with Gasteiger partial charge in [0.25, 0.3) is 10.0 Å². The van der Waals surface area contributed by atoms with E-state index in [0.717, 1.165) is 31.5 Å². The average molecular weight is 377 g/mol. The summed E-state index contributed by atoms with van der Waals surface area (Å²) in [7, 11) is -3.89. The van der Waals surface area contributed by atoms with Crippen LogP contribution in [-0.2, 0) is 14.8 Å². The molecule has 8 heteroatoms. The predicted octanol–water partition coefficient (Wildman–Crippen LogP) is 2.56. The highest BCUT2D eigenvalue weighted by Gasteiger charge is 2.22. The fourth-order valence-electron chi connectivity index (χ4n) is 2.81. The normalized spacial score (nSPS) is 17.5. The maximum atomic E-state index is 13.0. The summed E-state index contributed by atoms with van der Waals surface area (Å²) in [5.41, 5.74) is 0.641. The van der Waals surface area contributed by atoms with E-state index < -0.39 is 15.8 Å². The second-order valence-electron chi connectivity index (χ2n) is 6.14. The Hall–Kier alpha value is -2.45. The Morgan fingerprint density at radius 2 is 1.77 bits per heavy atom. The van der Waals surface area contributed by atoms with Crippen molar-refractivity contribution < 1.29 is 17.6 Å². The highest BCUT2D eigenvalue weighted by atomic mass is 32.2. The lowest BCUT2D eigenvalue weighted by atomic mass is 9.99. The van der Waals surface area contributed by atoms with Crippen LogP contribution in [0.4, 0.5) is 15.8 Å². The molecule has 1 heterocycles. The Balaban J connectivity index is 1.78. The van der Waals surface area contributed by atoms with E-state index in [9.17, 15) is 17.6 Å². The number of piperidine rings is 1. The zero-order valence-corrected chi connectivity index (χ0v) is 14.9. The van der Waals surface area contributed by atoms with Gasteiger partial charge in [-0.05, 0) is 55.8 Å². The molecule has 0 radical (unpaired) electrons. The van der Waals surface area contributed by atoms with Gasteiger partial charge < -0.3 is 10.6 Å². The molecule has 0 aromatic heterocycles. The molecule has 1 atom stereocenters. The molecule has 1 saturated heterocycles. The SMILES string of the molecule is O=C(Nc1ccccc1NS(=O)(=O)c1ccc(F)cc1)C1CCCNC1. The first-order valence-electron chi connectivity index (χ1n) is 8.35. The number of carbonyl (C=O) groups excluding carboxylic acids is 1. The smallest absolute Gasteiger partial charge is 0.261 e. The number of nitrogens with one attached hydrogen (secondary N) is 3. The van der Waals surface area contributed by atoms with Gasteiger partial charge in [-0.3, -0.25) is 9.52 Å². The van der Waals surface area contributed by atoms with E-state index in [1.54, 1.807) is 24.3 Å². The van der Waals surface area contributed by atoms with Gasteiger partial charge in [0.05, 0.1) is 22.2 Å². The Morgan fingerprint density at radius 3 is 2.42 bits per heavy atom. The highest BCUT2D eigenvalue weighted by Crippen LogP contribution is 2.25. The molecule has 1 unspecified atom stereocenters. The second kappa shape index (κ2) is 7.84. The number of sulfonamides is 1. The van der Waals surface area contributed by atoms with Crippen molar-refractivity contribution in [1.29, 1.82) is 0 Å². The van der Waals surface area contributed by atoms with Crippen molar-refractivity contribution >= 4 is 27.3 Å². The van der Waals surface area contributed by atoms with E-state index in [0.29, 0.717) is 12.2 Å². The van der Waals surface area contributed by atoms with Crippen LogP contribution in [0.3, 0.4) is 0 Å². The number of hydrogen-bond acceptors (Lipinski definition) is 4. The summed E-state index contributed by atoms with van der Waals surface area (Å²) in [5.74, 6) is -0.811. The van der Waals surface area contributed by atoms with Gasteiger partial charge in [-0.25, -0.2) is 12.8 Å². The number of hydrogen-bond donors (Lipinski definition) is 3. The van der Waals surface area contributed by atoms with Crippen molar-refractivity contribution in [2.45, 2.75) is 17.7 Å². The molecule has 1 aliphatic rings. The number of carbonyl (C=O) groups is 1. The topological polar surface area (TPSA) is 87.3 Å². The van der Waals surface area contributed by atoms with E-state index >= 15 is 0 Å². The van der Waals surface area contributed by atoms with Crippen LogP contribution in [0.25, 0.3) is 0 Å². The molecule has 2 aromatic carbocycles. The van der Waals surface area contributed by atoms with Crippen LogP contribution < -0.4 is 15.4 Å². The largest absolute Gasteiger partial charge is 0.324 e. The number of anilines is 2. The quantitative estimate of drug-likeness (QED) is 0.747. The van der Waals surface area contributed by atoms with Crippen molar-refractivity contribution in [3.8, 4) is 0 Å². The minimum absolute atomic E-state index is 0.0588. The van der Waals surface area contributed by atoms with Gasteiger partial charge in [-0.1, -0.05) is 12.1 Å². The maximum Gasteiger partial charge on any atom is 0.261 e. The Kier molecular flexibility index (Phi) is 5.53. The standard InChI is InChI=1S/C18H20FN3O3S/c19-14-7-9-15(10-8-14)26(24,25)22-17-6-2-1-5-16(17)21-18(23)13-4-3-11-20-12-13/h1-2,5-10,13,20,22H,3-4,11-12H2,(H,21,23). The first-order valence-corrected chi connectivity index (χ1v) is 9.83. The molecule has 1 amide bonds. The summed E-state index contributed by atoms with van der Waals surface area (Å²) in [4.78, 5) is 12.4. The summed E-state index contributed by atoms with van der Waals surface area (Å²) in [6.07, 6.45) is 1.72. The molecule has 0 bridgehead atoms. The van der Waals surface area contributed by atoms with Crippen molar-refractivity contribution in [3.63, 3.8) is 0 Å². The zero-order chi connectivity index (χ0) is 18.6. The third kappa shape index (κ3) is 4.39. The number of halogens is 1. The van der Waals surface area contributed by atoms with E-state index in [-0.39, 0.29) is 22.4 Å². The molecule has 2 aromatic rings. The Morgan fingerprint density at radius 1 is 1.08 bits per heavy atom. The van der Waals surface area contributed by atoms with Crippen molar-refractivity contribution in [2.75, 3.05) is 23.1 Å². The lowest BCUT2D eigenvalue weighted by Gasteiger charge is -2.22. The van der Waals surface area contributed by atoms with Gasteiger partial charge in [0.1, 0.15) is 5.82 Å². The number of benzene rings is 2. The summed E-state index contributed by atoms with van der Waals surface area (Å²) in [6, 6.07) is 11.1. The van der Waals surface area contributed by atoms with E-state index in [1.807, 2.05) is 0 Å². The van der Waals surface area contributed by atoms with Crippen molar-refractivity contribution in [2.24, 2.45) is 5.92 Å². The molecular formula is C18H20FN3O3S. The van der Waals surface area contributed by atoms with Crippen LogP contribution >= 0.6 is 0 Å². The molecule has 6 nitrogen and oxygen atoms in total.